The van der Waals surface area contributed by atoms with Crippen molar-refractivity contribution in [3.05, 3.63) is 21.9 Å². The van der Waals surface area contributed by atoms with Crippen LogP contribution in [0.2, 0.25) is 0 Å². The minimum absolute atomic E-state index is 0.236. The zero-order valence-electron chi connectivity index (χ0n) is 9.82. The molecule has 3 nitrogen and oxygen atoms in total. The van der Waals surface area contributed by atoms with Crippen molar-refractivity contribution in [2.24, 2.45) is 5.73 Å². The molecule has 1 aromatic rings. The molecule has 0 radical (unpaired) electrons. The van der Waals surface area contributed by atoms with Gasteiger partial charge >= 0.3 is 0 Å². The van der Waals surface area contributed by atoms with Crippen molar-refractivity contribution in [2.75, 3.05) is 26.8 Å². The third kappa shape index (κ3) is 3.04. The van der Waals surface area contributed by atoms with Crippen molar-refractivity contribution in [1.82, 2.24) is 4.90 Å². The second-order valence-corrected chi connectivity index (χ2v) is 5.40. The summed E-state index contributed by atoms with van der Waals surface area (Å²) in [4.78, 5) is 4.01. The van der Waals surface area contributed by atoms with E-state index in [9.17, 15) is 0 Å². The van der Waals surface area contributed by atoms with E-state index in [1.165, 1.54) is 12.0 Å². The molecular weight excluding hydrogens is 220 g/mol. The Bertz CT molecular complexity index is 327. The van der Waals surface area contributed by atoms with E-state index in [1.807, 2.05) is 11.3 Å². The van der Waals surface area contributed by atoms with Crippen LogP contribution in [0, 0.1) is 0 Å². The van der Waals surface area contributed by atoms with E-state index < -0.39 is 0 Å². The lowest BCUT2D eigenvalue weighted by atomic mass is 10.1. The molecule has 0 amide bonds. The van der Waals surface area contributed by atoms with Crippen LogP contribution in [0.1, 0.15) is 16.9 Å². The standard InChI is InChI=1S/C12H20N2OS/c1-15-6-3-11(13)9-14-5-2-12-10(8-14)4-7-16-12/h4,7,11H,2-3,5-6,8-9,13H2,1H3. The van der Waals surface area contributed by atoms with Crippen LogP contribution >= 0.6 is 11.3 Å². The summed E-state index contributed by atoms with van der Waals surface area (Å²) in [6.45, 7) is 3.96. The molecule has 16 heavy (non-hydrogen) atoms. The van der Waals surface area contributed by atoms with Crippen LogP contribution in [0.25, 0.3) is 0 Å². The molecular formula is C12H20N2OS. The van der Waals surface area contributed by atoms with Gasteiger partial charge in [-0.05, 0) is 29.9 Å². The van der Waals surface area contributed by atoms with Gasteiger partial charge in [-0.3, -0.25) is 4.90 Å². The van der Waals surface area contributed by atoms with Gasteiger partial charge in [0.1, 0.15) is 0 Å². The topological polar surface area (TPSA) is 38.5 Å². The lowest BCUT2D eigenvalue weighted by Gasteiger charge is -2.29. The van der Waals surface area contributed by atoms with Gasteiger partial charge < -0.3 is 10.5 Å². The molecule has 0 fully saturated rings. The van der Waals surface area contributed by atoms with Crippen LogP contribution in [0.3, 0.4) is 0 Å². The number of nitrogens with zero attached hydrogens (tertiary/aromatic N) is 1. The summed E-state index contributed by atoms with van der Waals surface area (Å²) in [5, 5.41) is 2.19. The van der Waals surface area contributed by atoms with Gasteiger partial charge in [0, 0.05) is 44.3 Å². The maximum Gasteiger partial charge on any atom is 0.0477 e. The number of fused-ring (bicyclic) bond motifs is 1. The SMILES string of the molecule is COCCC(N)CN1CCc2sccc2C1. The molecule has 2 N–H and O–H groups in total. The van der Waals surface area contributed by atoms with Crippen LogP contribution in [0.15, 0.2) is 11.4 Å². The number of thiophene rings is 1. The van der Waals surface area contributed by atoms with Gasteiger partial charge in [-0.2, -0.15) is 0 Å². The normalized spacial score (nSPS) is 18.4. The summed E-state index contributed by atoms with van der Waals surface area (Å²) in [7, 11) is 1.73. The van der Waals surface area contributed by atoms with Gasteiger partial charge in [-0.15, -0.1) is 11.3 Å². The second-order valence-electron chi connectivity index (χ2n) is 4.40. The zero-order chi connectivity index (χ0) is 11.4. The molecule has 1 atom stereocenters. The Kier molecular flexibility index (Phi) is 4.35. The number of rotatable bonds is 5. The molecule has 90 valence electrons. The Morgan fingerprint density at radius 3 is 3.31 bits per heavy atom. The van der Waals surface area contributed by atoms with Crippen molar-refractivity contribution in [3.8, 4) is 0 Å². The minimum Gasteiger partial charge on any atom is -0.385 e. The fourth-order valence-electron chi connectivity index (χ4n) is 2.15. The van der Waals surface area contributed by atoms with E-state index in [0.29, 0.717) is 0 Å². The van der Waals surface area contributed by atoms with Gasteiger partial charge in [0.25, 0.3) is 0 Å². The molecule has 4 heteroatoms. The summed E-state index contributed by atoms with van der Waals surface area (Å²) in [6.07, 6.45) is 2.13. The first-order valence-electron chi connectivity index (χ1n) is 5.81. The van der Waals surface area contributed by atoms with Crippen molar-refractivity contribution in [2.45, 2.75) is 25.4 Å². The number of nitrogens with two attached hydrogens (primary N) is 1. The molecule has 0 saturated heterocycles. The largest absolute Gasteiger partial charge is 0.385 e. The first-order valence-corrected chi connectivity index (χ1v) is 6.69. The van der Waals surface area contributed by atoms with E-state index in [1.54, 1.807) is 12.0 Å². The Balaban J connectivity index is 1.80. The highest BCUT2D eigenvalue weighted by atomic mass is 32.1. The highest BCUT2D eigenvalue weighted by Gasteiger charge is 2.18. The maximum atomic E-state index is 6.07. The van der Waals surface area contributed by atoms with E-state index >= 15 is 0 Å². The summed E-state index contributed by atoms with van der Waals surface area (Å²) >= 11 is 1.88. The zero-order valence-corrected chi connectivity index (χ0v) is 10.6. The van der Waals surface area contributed by atoms with Crippen LogP contribution in [-0.4, -0.2) is 37.7 Å². The van der Waals surface area contributed by atoms with Crippen molar-refractivity contribution in [3.63, 3.8) is 0 Å². The second kappa shape index (κ2) is 5.77. The molecule has 2 rings (SSSR count). The first-order chi connectivity index (χ1) is 7.79. The van der Waals surface area contributed by atoms with E-state index in [2.05, 4.69) is 16.3 Å². The first kappa shape index (κ1) is 12.0. The van der Waals surface area contributed by atoms with E-state index in [-0.39, 0.29) is 6.04 Å². The molecule has 1 unspecified atom stereocenters. The molecule has 0 aliphatic carbocycles. The molecule has 0 bridgehead atoms. The maximum absolute atomic E-state index is 6.07. The fourth-order valence-corrected chi connectivity index (χ4v) is 3.04. The fraction of sp³-hybridized carbons (Fsp3) is 0.667. The van der Waals surface area contributed by atoms with Crippen LogP contribution < -0.4 is 5.73 Å². The number of methoxy groups -OCH3 is 1. The third-order valence-electron chi connectivity index (χ3n) is 3.07. The van der Waals surface area contributed by atoms with Crippen molar-refractivity contribution in [1.29, 1.82) is 0 Å². The van der Waals surface area contributed by atoms with E-state index in [4.69, 9.17) is 10.5 Å². The van der Waals surface area contributed by atoms with Gasteiger partial charge in [-0.25, -0.2) is 0 Å². The number of hydrogen-bond acceptors (Lipinski definition) is 4. The molecule has 1 aromatic heterocycles. The van der Waals surface area contributed by atoms with Crippen molar-refractivity contribution < 1.29 is 4.74 Å². The lowest BCUT2D eigenvalue weighted by Crippen LogP contribution is -2.40. The number of ether oxygens (including phenoxy) is 1. The van der Waals surface area contributed by atoms with E-state index in [0.717, 1.165) is 32.7 Å². The number of hydrogen-bond donors (Lipinski definition) is 1. The molecule has 0 spiro atoms. The predicted octanol–water partition coefficient (Wildman–Crippen LogP) is 1.47. The quantitative estimate of drug-likeness (QED) is 0.847. The predicted molar refractivity (Wildman–Crippen MR) is 67.8 cm³/mol. The Labute approximate surface area is 101 Å². The Morgan fingerprint density at radius 1 is 1.62 bits per heavy atom. The average Bonchev–Trinajstić information content (AvgIpc) is 2.73. The minimum atomic E-state index is 0.236. The summed E-state index contributed by atoms with van der Waals surface area (Å²) in [5.41, 5.74) is 7.56. The van der Waals surface area contributed by atoms with Crippen LogP contribution in [0.4, 0.5) is 0 Å². The van der Waals surface area contributed by atoms with Gasteiger partial charge in [0.05, 0.1) is 0 Å². The summed E-state index contributed by atoms with van der Waals surface area (Å²) in [6, 6.07) is 2.48. The monoisotopic (exact) mass is 240 g/mol. The highest BCUT2D eigenvalue weighted by molar-refractivity contribution is 7.10. The van der Waals surface area contributed by atoms with Crippen LogP contribution in [-0.2, 0) is 17.7 Å². The molecule has 1 aliphatic rings. The van der Waals surface area contributed by atoms with Gasteiger partial charge in [0.2, 0.25) is 0 Å². The Morgan fingerprint density at radius 2 is 2.50 bits per heavy atom. The molecule has 2 heterocycles. The van der Waals surface area contributed by atoms with Crippen LogP contribution in [0.5, 0.6) is 0 Å². The highest BCUT2D eigenvalue weighted by Crippen LogP contribution is 2.23. The molecule has 0 aromatic carbocycles. The summed E-state index contributed by atoms with van der Waals surface area (Å²) < 4.78 is 5.05. The molecule has 1 aliphatic heterocycles. The average molecular weight is 240 g/mol. The lowest BCUT2D eigenvalue weighted by molar-refractivity contribution is 0.171. The third-order valence-corrected chi connectivity index (χ3v) is 4.10. The van der Waals surface area contributed by atoms with Gasteiger partial charge in [0.15, 0.2) is 0 Å². The van der Waals surface area contributed by atoms with Gasteiger partial charge in [-0.1, -0.05) is 0 Å². The van der Waals surface area contributed by atoms with Crippen molar-refractivity contribution >= 4 is 11.3 Å². The Hall–Kier alpha value is -0.420. The molecule has 0 saturated carbocycles. The summed E-state index contributed by atoms with van der Waals surface area (Å²) in [5.74, 6) is 0. The smallest absolute Gasteiger partial charge is 0.0477 e.